The Morgan fingerprint density at radius 2 is 1.60 bits per heavy atom. The molecule has 0 bridgehead atoms. The largest absolute Gasteiger partial charge is 0.309 e. The maximum absolute atomic E-state index is 12.6. The van der Waals surface area contributed by atoms with Crippen LogP contribution in [0, 0.1) is 5.92 Å². The van der Waals surface area contributed by atoms with Crippen LogP contribution in [0.4, 0.5) is 10.9 Å². The number of nitrogens with one attached hydrogen (secondary N) is 2. The number of rotatable bonds is 13. The van der Waals surface area contributed by atoms with Crippen LogP contribution in [-0.2, 0) is 41.8 Å². The Kier molecular flexibility index (Phi) is 9.94. The van der Waals surface area contributed by atoms with E-state index in [0.717, 1.165) is 66.2 Å². The van der Waals surface area contributed by atoms with Gasteiger partial charge in [0.05, 0.1) is 25.1 Å². The molecular weight excluding hydrogens is 548 g/mol. The van der Waals surface area contributed by atoms with Gasteiger partial charge in [0.1, 0.15) is 5.01 Å². The third kappa shape index (κ3) is 9.00. The van der Waals surface area contributed by atoms with Gasteiger partial charge < -0.3 is 10.6 Å². The number of unbranched alkanes of at least 4 members (excludes halogenated alkanes) is 1. The maximum atomic E-state index is 12.6. The minimum Gasteiger partial charge on any atom is -0.309 e. The quantitative estimate of drug-likeness (QED) is 0.219. The van der Waals surface area contributed by atoms with Crippen molar-refractivity contribution in [1.29, 1.82) is 0 Å². The predicted octanol–water partition coefficient (Wildman–Crippen LogP) is 4.69. The molecule has 5 rings (SSSR count). The Bertz CT molecular complexity index is 1510. The Labute approximate surface area is 249 Å². The normalized spacial score (nSPS) is 14.2. The molecule has 10 nitrogen and oxygen atoms in total. The molecular formula is C31H34N8O2S. The number of aryl methyl sites for hydroxylation is 2. The fraction of sp³-hybridized carbons (Fsp3) is 0.323. The first kappa shape index (κ1) is 29.0. The van der Waals surface area contributed by atoms with Gasteiger partial charge in [0.25, 0.3) is 0 Å². The first-order valence-corrected chi connectivity index (χ1v) is 15.0. The average molecular weight is 583 g/mol. The number of anilines is 2. The van der Waals surface area contributed by atoms with Gasteiger partial charge in [-0.2, -0.15) is 10.2 Å². The van der Waals surface area contributed by atoms with Gasteiger partial charge in [-0.05, 0) is 48.1 Å². The van der Waals surface area contributed by atoms with E-state index in [9.17, 15) is 9.59 Å². The Balaban J connectivity index is 0.997. The highest BCUT2D eigenvalue weighted by atomic mass is 32.1. The lowest BCUT2D eigenvalue weighted by Gasteiger charge is -2.15. The fourth-order valence-corrected chi connectivity index (χ4v) is 5.45. The highest BCUT2D eigenvalue weighted by molar-refractivity contribution is 7.15. The Hall–Kier alpha value is -4.51. The summed E-state index contributed by atoms with van der Waals surface area (Å²) in [5, 5.41) is 30.3. The lowest BCUT2D eigenvalue weighted by Crippen LogP contribution is -2.17. The summed E-state index contributed by atoms with van der Waals surface area (Å²) in [6, 6.07) is 21.3. The Morgan fingerprint density at radius 3 is 2.38 bits per heavy atom. The average Bonchev–Trinajstić information content (AvgIpc) is 3.60. The number of carbonyl (C=O) groups excluding carboxylic acids is 2. The molecule has 1 unspecified atom stereocenters. The van der Waals surface area contributed by atoms with Crippen molar-refractivity contribution in [1.82, 2.24) is 25.4 Å². The van der Waals surface area contributed by atoms with Crippen LogP contribution < -0.4 is 10.6 Å². The van der Waals surface area contributed by atoms with Gasteiger partial charge in [-0.1, -0.05) is 72.9 Å². The summed E-state index contributed by atoms with van der Waals surface area (Å²) >= 11 is 1.41. The molecule has 0 fully saturated rings. The second-order valence-electron chi connectivity index (χ2n) is 10.5. The minimum absolute atomic E-state index is 0.110. The van der Waals surface area contributed by atoms with E-state index < -0.39 is 0 Å². The molecule has 0 radical (unpaired) electrons. The first-order valence-electron chi connectivity index (χ1n) is 14.1. The van der Waals surface area contributed by atoms with Crippen molar-refractivity contribution < 1.29 is 9.59 Å². The molecule has 0 saturated heterocycles. The second kappa shape index (κ2) is 14.4. The molecule has 2 aromatic heterocycles. The zero-order valence-corrected chi connectivity index (χ0v) is 24.4. The van der Waals surface area contributed by atoms with Crippen LogP contribution in [0.3, 0.4) is 0 Å². The smallest absolute Gasteiger partial charge is 0.230 e. The van der Waals surface area contributed by atoms with E-state index in [-0.39, 0.29) is 18.2 Å². The van der Waals surface area contributed by atoms with Gasteiger partial charge in [-0.15, -0.1) is 15.3 Å². The van der Waals surface area contributed by atoms with Crippen LogP contribution in [0.1, 0.15) is 47.2 Å². The van der Waals surface area contributed by atoms with Crippen molar-refractivity contribution in [3.63, 3.8) is 0 Å². The second-order valence-corrected chi connectivity index (χ2v) is 11.5. The minimum atomic E-state index is -0.122. The van der Waals surface area contributed by atoms with Crippen LogP contribution in [-0.4, -0.2) is 50.0 Å². The number of hydrogen-bond donors (Lipinski definition) is 2. The Morgan fingerprint density at radius 1 is 0.833 bits per heavy atom. The van der Waals surface area contributed by atoms with Gasteiger partial charge in [0.2, 0.25) is 16.9 Å². The monoisotopic (exact) mass is 582 g/mol. The van der Waals surface area contributed by atoms with E-state index in [2.05, 4.69) is 55.2 Å². The molecule has 0 aliphatic carbocycles. The molecule has 2 N–H and O–H groups in total. The summed E-state index contributed by atoms with van der Waals surface area (Å²) in [6.07, 6.45) is 5.91. The topological polar surface area (TPSA) is 125 Å². The third-order valence-electron chi connectivity index (χ3n) is 6.69. The van der Waals surface area contributed by atoms with Crippen LogP contribution in [0.5, 0.6) is 0 Å². The van der Waals surface area contributed by atoms with E-state index in [1.165, 1.54) is 11.3 Å². The van der Waals surface area contributed by atoms with E-state index in [4.69, 9.17) is 0 Å². The molecule has 11 heteroatoms. The molecule has 42 heavy (non-hydrogen) atoms. The molecule has 0 saturated carbocycles. The summed E-state index contributed by atoms with van der Waals surface area (Å²) in [7, 11) is 0. The zero-order valence-electron chi connectivity index (χ0n) is 23.6. The van der Waals surface area contributed by atoms with Crippen molar-refractivity contribution in [2.45, 2.75) is 52.0 Å². The maximum Gasteiger partial charge on any atom is 0.230 e. The van der Waals surface area contributed by atoms with Crippen LogP contribution in [0.25, 0.3) is 0 Å². The summed E-state index contributed by atoms with van der Waals surface area (Å²) in [5.41, 5.74) is 3.91. The predicted molar refractivity (Wildman–Crippen MR) is 164 cm³/mol. The number of nitrogens with zero attached hydrogens (tertiary/aromatic N) is 6. The van der Waals surface area contributed by atoms with Crippen molar-refractivity contribution in [2.75, 3.05) is 17.2 Å². The number of amides is 2. The van der Waals surface area contributed by atoms with Crippen molar-refractivity contribution in [3.05, 3.63) is 94.1 Å². The molecule has 3 heterocycles. The summed E-state index contributed by atoms with van der Waals surface area (Å²) in [5.74, 6) is 0.682. The molecule has 4 aromatic rings. The lowest BCUT2D eigenvalue weighted by molar-refractivity contribution is -0.116. The van der Waals surface area contributed by atoms with Gasteiger partial charge in [-0.3, -0.25) is 14.6 Å². The van der Waals surface area contributed by atoms with Crippen LogP contribution in [0.2, 0.25) is 0 Å². The summed E-state index contributed by atoms with van der Waals surface area (Å²) in [4.78, 5) is 24.8. The standard InChI is InChI=1S/C31H34N8O2S/c1-22-19-32-39(20-22)21-25-11-7-10-24(16-25)18-29(41)34-31-38-37-30(42-31)13-6-5-12-26-14-15-27(36-35-26)33-28(40)17-23-8-3-2-4-9-23/h2-4,7-11,14-16,19,22H,5-6,12-13,17-18,20-21H2,1H3,(H,33,36,40)(H,34,38,41). The molecule has 216 valence electrons. The SMILES string of the molecule is CC1C=NN(Cc2cccc(CC(=O)Nc3nnc(CCCCc4ccc(NC(=O)Cc5ccccc5)nn4)s3)c2)C1. The van der Waals surface area contributed by atoms with E-state index in [0.29, 0.717) is 23.3 Å². The molecule has 1 aliphatic heterocycles. The highest BCUT2D eigenvalue weighted by Gasteiger charge is 2.14. The van der Waals surface area contributed by atoms with E-state index >= 15 is 0 Å². The van der Waals surface area contributed by atoms with E-state index in [1.807, 2.05) is 59.8 Å². The number of benzene rings is 2. The zero-order chi connectivity index (χ0) is 29.1. The van der Waals surface area contributed by atoms with Crippen molar-refractivity contribution in [2.24, 2.45) is 11.0 Å². The van der Waals surface area contributed by atoms with Gasteiger partial charge in [-0.25, -0.2) is 0 Å². The third-order valence-corrected chi connectivity index (χ3v) is 7.58. The summed E-state index contributed by atoms with van der Waals surface area (Å²) < 4.78 is 0. The van der Waals surface area contributed by atoms with Gasteiger partial charge >= 0.3 is 0 Å². The molecule has 2 aromatic carbocycles. The van der Waals surface area contributed by atoms with Gasteiger partial charge in [0.15, 0.2) is 5.82 Å². The molecule has 1 aliphatic rings. The molecule has 1 atom stereocenters. The number of hydrogen-bond acceptors (Lipinski definition) is 9. The number of hydrazone groups is 1. The van der Waals surface area contributed by atoms with Crippen LogP contribution >= 0.6 is 11.3 Å². The fourth-order valence-electron chi connectivity index (χ4n) is 4.65. The molecule has 0 spiro atoms. The van der Waals surface area contributed by atoms with Crippen LogP contribution in [0.15, 0.2) is 71.8 Å². The van der Waals surface area contributed by atoms with Crippen molar-refractivity contribution in [3.8, 4) is 0 Å². The first-order chi connectivity index (χ1) is 20.5. The molecule has 2 amide bonds. The van der Waals surface area contributed by atoms with Gasteiger partial charge in [0, 0.05) is 25.1 Å². The highest BCUT2D eigenvalue weighted by Crippen LogP contribution is 2.19. The van der Waals surface area contributed by atoms with Crippen molar-refractivity contribution >= 4 is 40.3 Å². The number of aromatic nitrogens is 4. The van der Waals surface area contributed by atoms with E-state index in [1.54, 1.807) is 6.07 Å². The number of carbonyl (C=O) groups is 2. The lowest BCUT2D eigenvalue weighted by atomic mass is 10.1. The summed E-state index contributed by atoms with van der Waals surface area (Å²) in [6.45, 7) is 3.81.